The molecule has 0 saturated carbocycles. The molecule has 0 spiro atoms. The van der Waals surface area contributed by atoms with E-state index in [4.69, 9.17) is 0 Å². The van der Waals surface area contributed by atoms with Gasteiger partial charge in [-0.3, -0.25) is 4.79 Å². The summed E-state index contributed by atoms with van der Waals surface area (Å²) >= 11 is 0.970. The van der Waals surface area contributed by atoms with Gasteiger partial charge in [0.25, 0.3) is 5.91 Å². The van der Waals surface area contributed by atoms with Crippen LogP contribution in [0.25, 0.3) is 0 Å². The summed E-state index contributed by atoms with van der Waals surface area (Å²) in [6, 6.07) is 0. The van der Waals surface area contributed by atoms with Crippen molar-refractivity contribution in [3.8, 4) is 0 Å². The van der Waals surface area contributed by atoms with Crippen molar-refractivity contribution >= 4 is 31.9 Å². The smallest absolute Gasteiger partial charge is 0.257 e. The first kappa shape index (κ1) is 7.74. The molecule has 0 bridgehead atoms. The predicted molar refractivity (Wildman–Crippen MR) is 39.7 cm³/mol. The molecule has 0 atom stereocenters. The molecule has 6 heteroatoms. The van der Waals surface area contributed by atoms with E-state index in [9.17, 15) is 13.2 Å². The van der Waals surface area contributed by atoms with Gasteiger partial charge in [-0.05, 0) is 0 Å². The number of rotatable bonds is 0. The summed E-state index contributed by atoms with van der Waals surface area (Å²) in [5.74, 6) is -0.215. The third kappa shape index (κ3) is 1.57. The topological polar surface area (TPSA) is 63.6 Å². The van der Waals surface area contributed by atoms with E-state index in [1.807, 2.05) is 0 Å². The summed E-state index contributed by atoms with van der Waals surface area (Å²) in [5, 5.41) is 0. The second-order valence-electron chi connectivity index (χ2n) is 1.83. The Morgan fingerprint density at radius 1 is 1.60 bits per heavy atom. The zero-order valence-electron chi connectivity index (χ0n) is 5.20. The zero-order valence-corrected chi connectivity index (χ0v) is 6.83. The molecule has 0 aliphatic carbocycles. The van der Waals surface area contributed by atoms with Gasteiger partial charge in [-0.1, -0.05) is 11.8 Å². The van der Waals surface area contributed by atoms with E-state index in [2.05, 4.69) is 4.99 Å². The molecule has 10 heavy (non-hydrogen) atoms. The number of hydrogen-bond donors (Lipinski definition) is 0. The normalized spacial score (nSPS) is 19.3. The number of nitrogens with zero attached hydrogens (tertiary/aromatic N) is 1. The molecule has 0 aromatic rings. The minimum absolute atomic E-state index is 0.0579. The number of hydrogen-bond acceptors (Lipinski definition) is 4. The largest absolute Gasteiger partial charge is 0.272 e. The van der Waals surface area contributed by atoms with E-state index < -0.39 is 9.84 Å². The highest BCUT2D eigenvalue weighted by atomic mass is 32.3. The van der Waals surface area contributed by atoms with Crippen LogP contribution in [0.2, 0.25) is 0 Å². The minimum atomic E-state index is -3.24. The Morgan fingerprint density at radius 2 is 2.20 bits per heavy atom. The van der Waals surface area contributed by atoms with E-state index >= 15 is 0 Å². The summed E-state index contributed by atoms with van der Waals surface area (Å²) in [5.41, 5.74) is 0. The molecule has 1 aliphatic heterocycles. The van der Waals surface area contributed by atoms with Gasteiger partial charge in [0.15, 0.2) is 14.2 Å². The number of carbonyl (C=O) groups is 1. The van der Waals surface area contributed by atoms with Gasteiger partial charge in [-0.2, -0.15) is 4.99 Å². The molecule has 0 fully saturated rings. The molecule has 1 amide bonds. The van der Waals surface area contributed by atoms with Crippen LogP contribution >= 0.6 is 11.8 Å². The van der Waals surface area contributed by atoms with Gasteiger partial charge in [0.2, 0.25) is 0 Å². The summed E-state index contributed by atoms with van der Waals surface area (Å²) in [4.78, 5) is 13.7. The van der Waals surface area contributed by atoms with E-state index in [-0.39, 0.29) is 16.0 Å². The monoisotopic (exact) mass is 179 g/mol. The van der Waals surface area contributed by atoms with Crippen molar-refractivity contribution in [2.24, 2.45) is 4.99 Å². The Kier molecular flexibility index (Phi) is 1.82. The first-order chi connectivity index (χ1) is 4.50. The second kappa shape index (κ2) is 2.35. The number of sulfone groups is 1. The molecule has 0 radical (unpaired) electrons. The summed E-state index contributed by atoms with van der Waals surface area (Å²) in [6.45, 7) is 0. The van der Waals surface area contributed by atoms with Crippen LogP contribution in [0.15, 0.2) is 4.99 Å². The average Bonchev–Trinajstić information content (AvgIpc) is 2.11. The van der Waals surface area contributed by atoms with Crippen LogP contribution in [0.5, 0.6) is 0 Å². The molecule has 1 rings (SSSR count). The van der Waals surface area contributed by atoms with E-state index in [1.165, 1.54) is 0 Å². The Labute approximate surface area is 62.6 Å². The van der Waals surface area contributed by atoms with Gasteiger partial charge in [-0.25, -0.2) is 8.42 Å². The maximum atomic E-state index is 10.7. The van der Waals surface area contributed by atoms with Crippen molar-refractivity contribution in [2.75, 3.05) is 12.0 Å². The predicted octanol–water partition coefficient (Wildman–Crippen LogP) is -0.340. The van der Waals surface area contributed by atoms with Crippen LogP contribution in [0, 0.1) is 0 Å². The Balaban J connectivity index is 2.98. The highest BCUT2D eigenvalue weighted by Gasteiger charge is 2.22. The van der Waals surface area contributed by atoms with Crippen LogP contribution in [0.1, 0.15) is 0 Å². The van der Waals surface area contributed by atoms with Crippen molar-refractivity contribution in [3.63, 3.8) is 0 Å². The fourth-order valence-corrected chi connectivity index (χ4v) is 2.26. The quantitative estimate of drug-likeness (QED) is 0.510. The van der Waals surface area contributed by atoms with Crippen LogP contribution in [0.3, 0.4) is 0 Å². The first-order valence-corrected chi connectivity index (χ1v) is 5.32. The van der Waals surface area contributed by atoms with Crippen molar-refractivity contribution in [2.45, 2.75) is 0 Å². The van der Waals surface area contributed by atoms with Gasteiger partial charge in [0.1, 0.15) is 0 Å². The summed E-state index contributed by atoms with van der Waals surface area (Å²) < 4.78 is 21.3. The van der Waals surface area contributed by atoms with Crippen molar-refractivity contribution in [3.05, 3.63) is 0 Å². The van der Waals surface area contributed by atoms with Gasteiger partial charge in [0.05, 0.1) is 5.75 Å². The van der Waals surface area contributed by atoms with E-state index in [1.54, 1.807) is 0 Å². The fourth-order valence-electron chi connectivity index (χ4n) is 0.480. The lowest BCUT2D eigenvalue weighted by molar-refractivity contribution is -0.115. The standard InChI is InChI=1S/C4H5NO3S2/c1-10(7,8)4-5-3(6)2-9-4/h2H2,1H3. The highest BCUT2D eigenvalue weighted by Crippen LogP contribution is 2.16. The third-order valence-corrected chi connectivity index (χ3v) is 3.57. The molecule has 0 aromatic heterocycles. The van der Waals surface area contributed by atoms with Crippen molar-refractivity contribution < 1.29 is 13.2 Å². The van der Waals surface area contributed by atoms with Gasteiger partial charge >= 0.3 is 0 Å². The van der Waals surface area contributed by atoms with Gasteiger partial charge < -0.3 is 0 Å². The lowest BCUT2D eigenvalue weighted by Crippen LogP contribution is -2.05. The maximum Gasteiger partial charge on any atom is 0.257 e. The third-order valence-electron chi connectivity index (χ3n) is 0.852. The minimum Gasteiger partial charge on any atom is -0.272 e. The molecular formula is C4H5NO3S2. The Morgan fingerprint density at radius 3 is 2.40 bits per heavy atom. The van der Waals surface area contributed by atoms with Crippen LogP contribution < -0.4 is 0 Å². The number of carbonyl (C=O) groups excluding carboxylic acids is 1. The van der Waals surface area contributed by atoms with Crippen LogP contribution in [-0.4, -0.2) is 30.7 Å². The first-order valence-electron chi connectivity index (χ1n) is 2.44. The molecule has 1 aliphatic rings. The fraction of sp³-hybridized carbons (Fsp3) is 0.500. The molecule has 56 valence electrons. The summed E-state index contributed by atoms with van der Waals surface area (Å²) in [7, 11) is -3.24. The molecular weight excluding hydrogens is 174 g/mol. The lowest BCUT2D eigenvalue weighted by Gasteiger charge is -1.89. The van der Waals surface area contributed by atoms with Crippen LogP contribution in [-0.2, 0) is 14.6 Å². The number of thioether (sulfide) groups is 1. The lowest BCUT2D eigenvalue weighted by atomic mass is 10.8. The van der Waals surface area contributed by atoms with E-state index in [0.717, 1.165) is 18.0 Å². The molecule has 0 aromatic carbocycles. The number of amides is 1. The highest BCUT2D eigenvalue weighted by molar-refractivity contribution is 8.35. The SMILES string of the molecule is CS(=O)(=O)C1=NC(=O)CS1. The zero-order chi connectivity index (χ0) is 7.78. The molecule has 0 unspecified atom stereocenters. The van der Waals surface area contributed by atoms with E-state index in [0.29, 0.717) is 0 Å². The molecule has 1 heterocycles. The molecule has 0 N–H and O–H groups in total. The number of aliphatic imine (C=N–C) groups is 1. The van der Waals surface area contributed by atoms with Gasteiger partial charge in [-0.15, -0.1) is 0 Å². The molecule has 4 nitrogen and oxygen atoms in total. The van der Waals surface area contributed by atoms with Crippen molar-refractivity contribution in [1.82, 2.24) is 0 Å². The summed E-state index contributed by atoms with van der Waals surface area (Å²) in [6.07, 6.45) is 1.04. The van der Waals surface area contributed by atoms with Crippen molar-refractivity contribution in [1.29, 1.82) is 0 Å². The Bertz CT molecular complexity index is 290. The maximum absolute atomic E-state index is 10.7. The Hall–Kier alpha value is -0.360. The average molecular weight is 179 g/mol. The van der Waals surface area contributed by atoms with Gasteiger partial charge in [0, 0.05) is 6.26 Å². The van der Waals surface area contributed by atoms with Crippen LogP contribution in [0.4, 0.5) is 0 Å². The second-order valence-corrected chi connectivity index (χ2v) is 4.99. The molecule has 0 saturated heterocycles.